The third-order valence-electron chi connectivity index (χ3n) is 6.43. The molecule has 0 bridgehead atoms. The van der Waals surface area contributed by atoms with Crippen LogP contribution in [0.2, 0.25) is 0 Å². The number of hydrogen-bond acceptors (Lipinski definition) is 3. The molecule has 0 saturated heterocycles. The van der Waals surface area contributed by atoms with E-state index in [9.17, 15) is 0 Å². The smallest absolute Gasteiger partial charge is 0.304 e. The Morgan fingerprint density at radius 2 is 1.09 bits per heavy atom. The molecule has 0 spiro atoms. The second kappa shape index (κ2) is 17.5. The van der Waals surface area contributed by atoms with Crippen LogP contribution in [-0.2, 0) is 20.1 Å². The summed E-state index contributed by atoms with van der Waals surface area (Å²) in [6, 6.07) is 53.2. The molecule has 0 unspecified atom stereocenters. The second-order valence-corrected chi connectivity index (χ2v) is 9.66. The molecule has 0 aliphatic heterocycles. The summed E-state index contributed by atoms with van der Waals surface area (Å²) in [5.41, 5.74) is 7.12. The first kappa shape index (κ1) is 23.3. The number of rotatable bonds is 4. The first-order chi connectivity index (χ1) is 25.7. The minimum Gasteiger partial charge on any atom is -0.304 e. The maximum absolute atomic E-state index is 7.36. The van der Waals surface area contributed by atoms with Crippen LogP contribution in [0.25, 0.3) is 44.9 Å². The molecule has 226 valence electrons. The Kier molecular flexibility index (Phi) is 8.86. The van der Waals surface area contributed by atoms with Crippen molar-refractivity contribution in [3.63, 3.8) is 0 Å². The van der Waals surface area contributed by atoms with Crippen LogP contribution in [-0.4, -0.2) is 15.0 Å². The van der Waals surface area contributed by atoms with Crippen molar-refractivity contribution in [3.8, 4) is 44.9 Å². The van der Waals surface area contributed by atoms with E-state index in [-0.39, 0.29) is 37.1 Å². The Bertz CT molecular complexity index is 2120. The first-order valence-corrected chi connectivity index (χ1v) is 14.1. The van der Waals surface area contributed by atoms with Gasteiger partial charge in [-0.25, -0.2) is 0 Å². The number of benzene rings is 4. The maximum atomic E-state index is 7.36. The van der Waals surface area contributed by atoms with Crippen molar-refractivity contribution in [3.05, 3.63) is 187 Å². The van der Waals surface area contributed by atoms with Gasteiger partial charge in [-0.2, -0.15) is 0 Å². The van der Waals surface area contributed by atoms with Crippen LogP contribution in [0.1, 0.15) is 29.3 Å². The standard InChI is InChI=1S/C18H14N.2C12H10N.Ir/c1-14-7-12-18(19-13-14)17-10-8-16(9-11-17)15-5-3-2-4-6-15;2*1-10-6-5-9-12(13-10)11-7-3-2-4-8-11;/h2-10,12-13H,1H3;2*2-7,9H,1H3;/q3*-1;+3/i3*1D3;. The summed E-state index contributed by atoms with van der Waals surface area (Å²) in [4.78, 5) is 12.5. The van der Waals surface area contributed by atoms with E-state index >= 15 is 0 Å². The molecular weight excluding hydrogens is 739 g/mol. The van der Waals surface area contributed by atoms with E-state index in [1.807, 2.05) is 84.9 Å². The molecule has 7 rings (SSSR count). The summed E-state index contributed by atoms with van der Waals surface area (Å²) in [5, 5.41) is 0. The summed E-state index contributed by atoms with van der Waals surface area (Å²) in [5.74, 6) is 0. The molecule has 0 saturated carbocycles. The number of nitrogens with zero attached hydrogens (tertiary/aromatic N) is 3. The van der Waals surface area contributed by atoms with Crippen LogP contribution in [0.15, 0.2) is 152 Å². The van der Waals surface area contributed by atoms with Gasteiger partial charge in [-0.1, -0.05) is 77.9 Å². The summed E-state index contributed by atoms with van der Waals surface area (Å²) in [6.45, 7) is -6.44. The Labute approximate surface area is 299 Å². The van der Waals surface area contributed by atoms with Gasteiger partial charge in [-0.05, 0) is 55.3 Å². The van der Waals surface area contributed by atoms with Crippen LogP contribution in [0, 0.1) is 38.8 Å². The molecule has 0 atom stereocenters. The maximum Gasteiger partial charge on any atom is 3.00 e. The molecule has 3 nitrogen and oxygen atoms in total. The van der Waals surface area contributed by atoms with Crippen molar-refractivity contribution in [2.75, 3.05) is 0 Å². The average Bonchev–Trinajstić information content (AvgIpc) is 3.19. The normalized spacial score (nSPS) is 13.6. The molecule has 0 amide bonds. The van der Waals surface area contributed by atoms with Crippen LogP contribution in [0.4, 0.5) is 0 Å². The Balaban J connectivity index is 0.000000185. The van der Waals surface area contributed by atoms with Crippen LogP contribution >= 0.6 is 0 Å². The molecule has 0 aliphatic rings. The third kappa shape index (κ3) is 10.0. The topological polar surface area (TPSA) is 38.7 Å². The van der Waals surface area contributed by atoms with Crippen LogP contribution < -0.4 is 0 Å². The summed E-state index contributed by atoms with van der Waals surface area (Å²) < 4.78 is 65.8. The van der Waals surface area contributed by atoms with Crippen molar-refractivity contribution in [2.45, 2.75) is 20.6 Å². The zero-order valence-corrected chi connectivity index (χ0v) is 27.0. The third-order valence-corrected chi connectivity index (χ3v) is 6.43. The van der Waals surface area contributed by atoms with Gasteiger partial charge in [0.05, 0.1) is 0 Å². The number of aryl methyl sites for hydroxylation is 3. The van der Waals surface area contributed by atoms with Gasteiger partial charge < -0.3 is 15.0 Å². The fourth-order valence-corrected chi connectivity index (χ4v) is 4.22. The molecule has 0 aliphatic carbocycles. The van der Waals surface area contributed by atoms with Gasteiger partial charge in [0.2, 0.25) is 0 Å². The fourth-order valence-electron chi connectivity index (χ4n) is 4.22. The Morgan fingerprint density at radius 1 is 0.478 bits per heavy atom. The van der Waals surface area contributed by atoms with E-state index in [0.717, 1.165) is 27.8 Å². The molecular formula is C42H34IrN3. The predicted octanol–water partition coefficient (Wildman–Crippen LogP) is 10.2. The molecule has 46 heavy (non-hydrogen) atoms. The van der Waals surface area contributed by atoms with Crippen molar-refractivity contribution < 1.29 is 32.4 Å². The van der Waals surface area contributed by atoms with Crippen molar-refractivity contribution in [1.29, 1.82) is 0 Å². The van der Waals surface area contributed by atoms with E-state index in [1.165, 1.54) is 18.3 Å². The Morgan fingerprint density at radius 3 is 1.57 bits per heavy atom. The van der Waals surface area contributed by atoms with Gasteiger partial charge in [-0.3, -0.25) is 0 Å². The molecule has 0 radical (unpaired) electrons. The van der Waals surface area contributed by atoms with Gasteiger partial charge in [0.1, 0.15) is 0 Å². The summed E-state index contributed by atoms with van der Waals surface area (Å²) in [7, 11) is 0. The largest absolute Gasteiger partial charge is 3.00 e. The molecule has 7 aromatic rings. The SMILES string of the molecule is [2H]C([2H])([2H])c1ccc(-c2[c-]cc(-c3ccccc3)cc2)nc1.[2H]C([2H])([2H])c1cccc(-c2[c-]cccc2)n1.[2H]C([2H])([2H])c1cccc(-c2[c-]cccc2)n1.[Ir+3]. The van der Waals surface area contributed by atoms with Crippen molar-refractivity contribution in [2.24, 2.45) is 0 Å². The molecule has 4 aromatic carbocycles. The summed E-state index contributed by atoms with van der Waals surface area (Å²) >= 11 is 0. The van der Waals surface area contributed by atoms with Gasteiger partial charge in [0, 0.05) is 29.9 Å². The van der Waals surface area contributed by atoms with Crippen LogP contribution in [0.5, 0.6) is 0 Å². The molecule has 3 heterocycles. The summed E-state index contributed by atoms with van der Waals surface area (Å²) in [6.07, 6.45) is 1.40. The number of aromatic nitrogens is 3. The molecule has 4 heteroatoms. The van der Waals surface area contributed by atoms with Gasteiger partial charge in [-0.15, -0.1) is 102 Å². The van der Waals surface area contributed by atoms with Crippen LogP contribution in [0.3, 0.4) is 0 Å². The molecule has 3 aromatic heterocycles. The van der Waals surface area contributed by atoms with E-state index in [2.05, 4.69) is 33.2 Å². The van der Waals surface area contributed by atoms with Gasteiger partial charge in [0.25, 0.3) is 0 Å². The van der Waals surface area contributed by atoms with E-state index in [4.69, 9.17) is 12.3 Å². The van der Waals surface area contributed by atoms with E-state index < -0.39 is 20.6 Å². The zero-order valence-electron chi connectivity index (χ0n) is 33.6. The Hall–Kier alpha value is -5.02. The molecule has 0 N–H and O–H groups in total. The number of pyridine rings is 3. The zero-order chi connectivity index (χ0) is 38.8. The fraction of sp³-hybridized carbons (Fsp3) is 0.0714. The predicted molar refractivity (Wildman–Crippen MR) is 185 cm³/mol. The monoisotopic (exact) mass is 782 g/mol. The van der Waals surface area contributed by atoms with Crippen molar-refractivity contribution >= 4 is 0 Å². The second-order valence-electron chi connectivity index (χ2n) is 9.66. The quantitative estimate of drug-likeness (QED) is 0.167. The number of hydrogen-bond donors (Lipinski definition) is 0. The van der Waals surface area contributed by atoms with Crippen molar-refractivity contribution in [1.82, 2.24) is 15.0 Å². The minimum atomic E-state index is -2.16. The first-order valence-electron chi connectivity index (χ1n) is 18.6. The average molecular weight is 782 g/mol. The van der Waals surface area contributed by atoms with E-state index in [1.54, 1.807) is 48.5 Å². The minimum absolute atomic E-state index is 0. The van der Waals surface area contributed by atoms with E-state index in [0.29, 0.717) is 17.1 Å². The van der Waals surface area contributed by atoms with Gasteiger partial charge >= 0.3 is 20.1 Å². The molecule has 0 fully saturated rings. The van der Waals surface area contributed by atoms with Gasteiger partial charge in [0.15, 0.2) is 0 Å².